The van der Waals surface area contributed by atoms with E-state index >= 15 is 0 Å². The summed E-state index contributed by atoms with van der Waals surface area (Å²) in [5, 5.41) is 14.4. The number of hydrogen-bond donors (Lipinski definition) is 1. The number of hydrogen-bond acceptors (Lipinski definition) is 6. The number of benzene rings is 1. The summed E-state index contributed by atoms with van der Waals surface area (Å²) in [6.45, 7) is -0.123. The lowest BCUT2D eigenvalue weighted by Crippen LogP contribution is -2.24. The molecule has 1 N–H and O–H groups in total. The first-order valence-electron chi connectivity index (χ1n) is 5.23. The summed E-state index contributed by atoms with van der Waals surface area (Å²) in [4.78, 5) is 9.71. The van der Waals surface area contributed by atoms with Gasteiger partial charge in [0.05, 0.1) is 17.2 Å². The van der Waals surface area contributed by atoms with Crippen LogP contribution in [0, 0.1) is 10.1 Å². The number of rotatable bonds is 5. The van der Waals surface area contributed by atoms with E-state index in [1.807, 2.05) is 0 Å². The Morgan fingerprint density at radius 3 is 2.75 bits per heavy atom. The molecule has 1 aromatic carbocycles. The zero-order valence-electron chi connectivity index (χ0n) is 9.82. The summed E-state index contributed by atoms with van der Waals surface area (Å²) in [5.74, 6) is 0. The van der Waals surface area contributed by atoms with Crippen LogP contribution in [0.2, 0.25) is 0 Å². The number of nitro groups is 1. The molecule has 10 heteroatoms. The van der Waals surface area contributed by atoms with Crippen molar-refractivity contribution in [3.8, 4) is 0 Å². The van der Waals surface area contributed by atoms with Gasteiger partial charge in [-0.2, -0.15) is 0 Å². The molecule has 0 bridgehead atoms. The van der Waals surface area contributed by atoms with Crippen LogP contribution in [0.3, 0.4) is 0 Å². The minimum Gasteiger partial charge on any atom is -0.364 e. The van der Waals surface area contributed by atoms with Gasteiger partial charge in [0.1, 0.15) is 6.26 Å². The summed E-state index contributed by atoms with van der Waals surface area (Å²) >= 11 is 3.09. The molecule has 0 amide bonds. The molecule has 2 rings (SSSR count). The maximum absolute atomic E-state index is 12.1. The lowest BCUT2D eigenvalue weighted by atomic mass is 10.3. The molecule has 2 aromatic rings. The summed E-state index contributed by atoms with van der Waals surface area (Å²) in [6, 6.07) is 5.17. The van der Waals surface area contributed by atoms with Crippen molar-refractivity contribution >= 4 is 31.6 Å². The lowest BCUT2D eigenvalue weighted by molar-refractivity contribution is -0.387. The zero-order valence-corrected chi connectivity index (χ0v) is 12.2. The van der Waals surface area contributed by atoms with E-state index in [2.05, 4.69) is 30.3 Å². The van der Waals surface area contributed by atoms with E-state index < -0.39 is 25.5 Å². The van der Waals surface area contributed by atoms with Crippen molar-refractivity contribution in [1.82, 2.24) is 9.88 Å². The molecule has 0 fully saturated rings. The number of nitrogens with one attached hydrogen (secondary N) is 1. The van der Waals surface area contributed by atoms with Crippen LogP contribution >= 0.6 is 15.9 Å². The summed E-state index contributed by atoms with van der Waals surface area (Å²) in [6.07, 6.45) is 1.30. The van der Waals surface area contributed by atoms with Crippen molar-refractivity contribution in [2.75, 3.05) is 0 Å². The van der Waals surface area contributed by atoms with Crippen LogP contribution < -0.4 is 4.72 Å². The Morgan fingerprint density at radius 2 is 2.15 bits per heavy atom. The van der Waals surface area contributed by atoms with Crippen LogP contribution in [-0.4, -0.2) is 18.5 Å². The second kappa shape index (κ2) is 5.69. The molecule has 0 saturated carbocycles. The fourth-order valence-electron chi connectivity index (χ4n) is 1.43. The third kappa shape index (κ3) is 3.21. The molecule has 0 aliphatic rings. The fourth-order valence-corrected chi connectivity index (χ4v) is 3.14. The van der Waals surface area contributed by atoms with Crippen molar-refractivity contribution in [3.05, 3.63) is 50.8 Å². The predicted octanol–water partition coefficient (Wildman–Crippen LogP) is 1.82. The Bertz CT molecular complexity index is 729. The van der Waals surface area contributed by atoms with E-state index in [1.165, 1.54) is 24.5 Å². The monoisotopic (exact) mass is 361 g/mol. The third-order valence-electron chi connectivity index (χ3n) is 2.34. The average molecular weight is 362 g/mol. The van der Waals surface area contributed by atoms with Crippen LogP contribution in [-0.2, 0) is 16.6 Å². The van der Waals surface area contributed by atoms with Gasteiger partial charge in [0.15, 0.2) is 4.90 Å². The van der Waals surface area contributed by atoms with Crippen LogP contribution in [0.1, 0.15) is 5.69 Å². The molecule has 8 nitrogen and oxygen atoms in total. The summed E-state index contributed by atoms with van der Waals surface area (Å²) in [7, 11) is -4.04. The van der Waals surface area contributed by atoms with Crippen molar-refractivity contribution in [2.24, 2.45) is 0 Å². The molecular formula is C10H8BrN3O5S. The number of aromatic nitrogens is 1. The molecule has 1 heterocycles. The lowest BCUT2D eigenvalue weighted by Gasteiger charge is -2.06. The highest BCUT2D eigenvalue weighted by molar-refractivity contribution is 9.10. The van der Waals surface area contributed by atoms with Gasteiger partial charge in [-0.3, -0.25) is 10.1 Å². The first kappa shape index (κ1) is 14.6. The largest absolute Gasteiger partial charge is 0.364 e. The number of nitrogens with zero attached hydrogens (tertiary/aromatic N) is 2. The van der Waals surface area contributed by atoms with Crippen molar-refractivity contribution in [2.45, 2.75) is 11.4 Å². The molecule has 0 unspecified atom stereocenters. The highest BCUT2D eigenvalue weighted by Crippen LogP contribution is 2.27. The standard InChI is InChI=1S/C10H8BrN3O5S/c11-7-1-2-9(14(15)16)10(5-7)20(17,18)12-6-8-3-4-19-13-8/h1-5,12H,6H2. The molecule has 0 radical (unpaired) electrons. The van der Waals surface area contributed by atoms with Gasteiger partial charge in [-0.15, -0.1) is 0 Å². The second-order valence-corrected chi connectivity index (χ2v) is 6.34. The van der Waals surface area contributed by atoms with E-state index in [-0.39, 0.29) is 6.54 Å². The number of nitro benzene ring substituents is 1. The number of sulfonamides is 1. The van der Waals surface area contributed by atoms with Gasteiger partial charge in [0.25, 0.3) is 5.69 Å². The highest BCUT2D eigenvalue weighted by atomic mass is 79.9. The Labute approximate surface area is 122 Å². The van der Waals surface area contributed by atoms with E-state index in [1.54, 1.807) is 0 Å². The van der Waals surface area contributed by atoms with Crippen LogP contribution in [0.25, 0.3) is 0 Å². The van der Waals surface area contributed by atoms with Gasteiger partial charge in [-0.25, -0.2) is 13.1 Å². The molecular weight excluding hydrogens is 354 g/mol. The van der Waals surface area contributed by atoms with E-state index in [0.717, 1.165) is 6.07 Å². The van der Waals surface area contributed by atoms with E-state index in [0.29, 0.717) is 10.2 Å². The van der Waals surface area contributed by atoms with Gasteiger partial charge in [-0.1, -0.05) is 21.1 Å². The first-order valence-corrected chi connectivity index (χ1v) is 7.50. The van der Waals surface area contributed by atoms with Crippen molar-refractivity contribution in [3.63, 3.8) is 0 Å². The molecule has 20 heavy (non-hydrogen) atoms. The van der Waals surface area contributed by atoms with Gasteiger partial charge in [0, 0.05) is 16.6 Å². The first-order chi connectivity index (χ1) is 9.40. The fraction of sp³-hybridized carbons (Fsp3) is 0.100. The van der Waals surface area contributed by atoms with Crippen molar-refractivity contribution in [1.29, 1.82) is 0 Å². The average Bonchev–Trinajstić information content (AvgIpc) is 2.89. The quantitative estimate of drug-likeness (QED) is 0.641. The van der Waals surface area contributed by atoms with E-state index in [9.17, 15) is 18.5 Å². The van der Waals surface area contributed by atoms with Crippen molar-refractivity contribution < 1.29 is 17.9 Å². The molecule has 0 aliphatic carbocycles. The Balaban J connectivity index is 2.33. The maximum Gasteiger partial charge on any atom is 0.289 e. The van der Waals surface area contributed by atoms with Crippen LogP contribution in [0.5, 0.6) is 0 Å². The normalized spacial score (nSPS) is 11.4. The second-order valence-electron chi connectivity index (χ2n) is 3.68. The molecule has 0 saturated heterocycles. The third-order valence-corrected chi connectivity index (χ3v) is 4.27. The number of halogens is 1. The smallest absolute Gasteiger partial charge is 0.289 e. The Hall–Kier alpha value is -1.78. The van der Waals surface area contributed by atoms with E-state index in [4.69, 9.17) is 0 Å². The van der Waals surface area contributed by atoms with Gasteiger partial charge >= 0.3 is 0 Å². The van der Waals surface area contributed by atoms with Crippen LogP contribution in [0.15, 0.2) is 44.4 Å². The SMILES string of the molecule is O=[N+]([O-])c1ccc(Br)cc1S(=O)(=O)NCc1ccon1. The van der Waals surface area contributed by atoms with Crippen LogP contribution in [0.4, 0.5) is 5.69 Å². The molecule has 0 spiro atoms. The molecule has 0 atom stereocenters. The minimum absolute atomic E-state index is 0.123. The summed E-state index contributed by atoms with van der Waals surface area (Å²) < 4.78 is 31.4. The molecule has 106 valence electrons. The minimum atomic E-state index is -4.04. The Kier molecular flexibility index (Phi) is 4.16. The van der Waals surface area contributed by atoms with Gasteiger partial charge in [0.2, 0.25) is 10.0 Å². The predicted molar refractivity (Wildman–Crippen MR) is 71.3 cm³/mol. The van der Waals surface area contributed by atoms with Gasteiger partial charge < -0.3 is 4.52 Å². The molecule has 0 aliphatic heterocycles. The van der Waals surface area contributed by atoms with Gasteiger partial charge in [-0.05, 0) is 12.1 Å². The maximum atomic E-state index is 12.1. The Morgan fingerprint density at radius 1 is 1.40 bits per heavy atom. The summed E-state index contributed by atoms with van der Waals surface area (Å²) in [5.41, 5.74) is -0.132. The highest BCUT2D eigenvalue weighted by Gasteiger charge is 2.25. The molecule has 1 aromatic heterocycles. The topological polar surface area (TPSA) is 115 Å². The zero-order chi connectivity index (χ0) is 14.8.